The summed E-state index contributed by atoms with van der Waals surface area (Å²) in [6.45, 7) is 0. The van der Waals surface area contributed by atoms with E-state index in [4.69, 9.17) is 0 Å². The van der Waals surface area contributed by atoms with Gasteiger partial charge < -0.3 is 2.85 Å². The van der Waals surface area contributed by atoms with E-state index in [1.165, 1.54) is 0 Å². The molecule has 4 heteroatoms. The van der Waals surface area contributed by atoms with E-state index >= 15 is 0 Å². The molecule has 0 saturated carbocycles. The summed E-state index contributed by atoms with van der Waals surface area (Å²) in [4.78, 5) is 0. The van der Waals surface area contributed by atoms with Crippen molar-refractivity contribution in [2.75, 3.05) is 0 Å². The molecule has 0 bridgehead atoms. The fourth-order valence-corrected chi connectivity index (χ4v) is 0. The van der Waals surface area contributed by atoms with Crippen molar-refractivity contribution in [2.45, 2.75) is 0 Å². The SMILES string of the molecule is NN.[H-].[H-].[Na+].[Na+]. The second-order valence-electron chi connectivity index (χ2n) is 0. The van der Waals surface area contributed by atoms with Crippen LogP contribution in [0.25, 0.3) is 0 Å². The first-order valence-electron chi connectivity index (χ1n) is 0.333. The Labute approximate surface area is 72.8 Å². The first-order valence-corrected chi connectivity index (χ1v) is 0.333. The molecule has 0 aliphatic carbocycles. The zero-order chi connectivity index (χ0) is 2.00. The molecule has 0 rings (SSSR count). The van der Waals surface area contributed by atoms with Crippen LogP contribution in [-0.2, 0) is 0 Å². The Balaban J connectivity index is -0.000000000833. The molecule has 0 radical (unpaired) electrons. The van der Waals surface area contributed by atoms with Gasteiger partial charge in [-0.3, -0.25) is 11.7 Å². The van der Waals surface area contributed by atoms with Crippen molar-refractivity contribution in [2.24, 2.45) is 11.7 Å². The van der Waals surface area contributed by atoms with Gasteiger partial charge in [-0.1, -0.05) is 0 Å². The Kier molecular flexibility index (Phi) is 86.2. The summed E-state index contributed by atoms with van der Waals surface area (Å²) in [7, 11) is 0. The second kappa shape index (κ2) is 20.5. The van der Waals surface area contributed by atoms with E-state index in [0.717, 1.165) is 0 Å². The predicted octanol–water partition coefficient (Wildman–Crippen LogP) is -6.95. The van der Waals surface area contributed by atoms with Gasteiger partial charge in [0.1, 0.15) is 0 Å². The third-order valence-corrected chi connectivity index (χ3v) is 0. The summed E-state index contributed by atoms with van der Waals surface area (Å²) < 4.78 is 0. The zero-order valence-corrected chi connectivity index (χ0v) is 7.15. The molecular formula is H6N2Na2. The fourth-order valence-electron chi connectivity index (χ4n) is 0. The van der Waals surface area contributed by atoms with Crippen LogP contribution in [0.15, 0.2) is 0 Å². The van der Waals surface area contributed by atoms with Crippen molar-refractivity contribution < 1.29 is 62.0 Å². The van der Waals surface area contributed by atoms with Gasteiger partial charge in [-0.2, -0.15) is 0 Å². The van der Waals surface area contributed by atoms with Crippen molar-refractivity contribution >= 4 is 0 Å². The van der Waals surface area contributed by atoms with E-state index in [1.54, 1.807) is 0 Å². The molecule has 0 aromatic heterocycles. The van der Waals surface area contributed by atoms with E-state index in [0.29, 0.717) is 0 Å². The molecular weight excluding hydrogens is 74.0 g/mol. The molecule has 18 valence electrons. The third kappa shape index (κ3) is 9.07. The summed E-state index contributed by atoms with van der Waals surface area (Å²) in [6.07, 6.45) is 0. The van der Waals surface area contributed by atoms with Crippen LogP contribution in [0.2, 0.25) is 0 Å². The number of rotatable bonds is 0. The van der Waals surface area contributed by atoms with Crippen LogP contribution < -0.4 is 70.8 Å². The van der Waals surface area contributed by atoms with Gasteiger partial charge in [0.15, 0.2) is 0 Å². The largest absolute Gasteiger partial charge is 1.00 e. The number of nitrogens with two attached hydrogens (primary N) is 2. The quantitative estimate of drug-likeness (QED) is 0.172. The van der Waals surface area contributed by atoms with Crippen LogP contribution in [0.5, 0.6) is 0 Å². The van der Waals surface area contributed by atoms with Gasteiger partial charge in [0.2, 0.25) is 0 Å². The number of hydrogen-bond acceptors (Lipinski definition) is 2. The maximum absolute atomic E-state index is 4.00. The molecule has 0 aliphatic heterocycles. The number of hydrazine groups is 1. The van der Waals surface area contributed by atoms with E-state index < -0.39 is 0 Å². The maximum Gasteiger partial charge on any atom is 1.00 e. The standard InChI is InChI=1S/H4N2.2Na.2H/c1-2;;;;/h1-2H2;;;;/q;2*+1;2*-1. The van der Waals surface area contributed by atoms with E-state index in [9.17, 15) is 0 Å². The molecule has 0 aromatic rings. The van der Waals surface area contributed by atoms with Crippen molar-refractivity contribution in [3.8, 4) is 0 Å². The van der Waals surface area contributed by atoms with Crippen LogP contribution in [0.4, 0.5) is 0 Å². The molecule has 0 aliphatic rings. The summed E-state index contributed by atoms with van der Waals surface area (Å²) in [5, 5.41) is 0. The first kappa shape index (κ1) is 16.8. The van der Waals surface area contributed by atoms with Crippen LogP contribution in [-0.4, -0.2) is 0 Å². The Bertz CT molecular complexity index is 9.51. The van der Waals surface area contributed by atoms with E-state index in [1.807, 2.05) is 0 Å². The van der Waals surface area contributed by atoms with Crippen LogP contribution in [0, 0.1) is 0 Å². The topological polar surface area (TPSA) is 52.0 Å². The molecule has 0 saturated heterocycles. The van der Waals surface area contributed by atoms with E-state index in [-0.39, 0.29) is 62.0 Å². The van der Waals surface area contributed by atoms with Crippen molar-refractivity contribution in [1.29, 1.82) is 0 Å². The van der Waals surface area contributed by atoms with Crippen molar-refractivity contribution in [1.82, 2.24) is 0 Å². The Morgan fingerprint density at radius 1 is 1.00 bits per heavy atom. The van der Waals surface area contributed by atoms with Gasteiger partial charge in [0.25, 0.3) is 0 Å². The Hall–Kier alpha value is 1.92. The fraction of sp³-hybridized carbons (Fsp3) is 0. The summed E-state index contributed by atoms with van der Waals surface area (Å²) in [5.74, 6) is 8.00. The molecule has 0 spiro atoms. The van der Waals surface area contributed by atoms with Gasteiger partial charge >= 0.3 is 59.1 Å². The van der Waals surface area contributed by atoms with Gasteiger partial charge in [-0.05, 0) is 0 Å². The smallest absolute Gasteiger partial charge is 1.00 e. The minimum atomic E-state index is 0. The van der Waals surface area contributed by atoms with Crippen molar-refractivity contribution in [3.05, 3.63) is 0 Å². The predicted molar refractivity (Wildman–Crippen MR) is 10.6 cm³/mol. The molecule has 4 N–H and O–H groups in total. The van der Waals surface area contributed by atoms with Crippen LogP contribution in [0.3, 0.4) is 0 Å². The third-order valence-electron chi connectivity index (χ3n) is 0. The molecule has 0 amide bonds. The molecule has 0 fully saturated rings. The summed E-state index contributed by atoms with van der Waals surface area (Å²) in [6, 6.07) is 0. The minimum Gasteiger partial charge on any atom is -1.00 e. The summed E-state index contributed by atoms with van der Waals surface area (Å²) >= 11 is 0. The first-order chi connectivity index (χ1) is 1.00. The molecule has 2 nitrogen and oxygen atoms in total. The molecule has 0 unspecified atom stereocenters. The molecule has 0 aromatic carbocycles. The average Bonchev–Trinajstić information content (AvgIpc) is 1.00. The minimum absolute atomic E-state index is 0. The van der Waals surface area contributed by atoms with Gasteiger partial charge in [-0.15, -0.1) is 0 Å². The Morgan fingerprint density at radius 2 is 1.00 bits per heavy atom. The maximum atomic E-state index is 4.00. The van der Waals surface area contributed by atoms with E-state index in [2.05, 4.69) is 11.7 Å². The van der Waals surface area contributed by atoms with Gasteiger partial charge in [-0.25, -0.2) is 0 Å². The second-order valence-corrected chi connectivity index (χ2v) is 0. The van der Waals surface area contributed by atoms with Crippen molar-refractivity contribution in [3.63, 3.8) is 0 Å². The average molecular weight is 80.0 g/mol. The zero-order valence-electron chi connectivity index (χ0n) is 5.15. The molecule has 4 heavy (non-hydrogen) atoms. The monoisotopic (exact) mass is 80.0 g/mol. The number of hydrogen-bond donors (Lipinski definition) is 2. The summed E-state index contributed by atoms with van der Waals surface area (Å²) in [5.41, 5.74) is 0. The van der Waals surface area contributed by atoms with Gasteiger partial charge in [0.05, 0.1) is 0 Å². The Morgan fingerprint density at radius 3 is 1.00 bits per heavy atom. The van der Waals surface area contributed by atoms with Gasteiger partial charge in [0, 0.05) is 0 Å². The molecule has 0 atom stereocenters. The normalized spacial score (nSPS) is 1.50. The molecule has 0 heterocycles. The van der Waals surface area contributed by atoms with Crippen LogP contribution >= 0.6 is 0 Å². The van der Waals surface area contributed by atoms with Crippen LogP contribution in [0.1, 0.15) is 2.85 Å².